The van der Waals surface area contributed by atoms with Gasteiger partial charge in [0.15, 0.2) is 0 Å². The molecule has 0 radical (unpaired) electrons. The summed E-state index contributed by atoms with van der Waals surface area (Å²) in [4.78, 5) is 10.3. The van der Waals surface area contributed by atoms with Crippen molar-refractivity contribution in [2.75, 3.05) is 18.5 Å². The molecule has 4 nitrogen and oxygen atoms in total. The minimum atomic E-state index is -0.271. The van der Waals surface area contributed by atoms with E-state index in [2.05, 4.69) is 15.3 Å². The van der Waals surface area contributed by atoms with Crippen molar-refractivity contribution in [1.29, 1.82) is 0 Å². The van der Waals surface area contributed by atoms with E-state index < -0.39 is 0 Å². The Labute approximate surface area is 112 Å². The molecule has 2 aromatic rings. The average molecular weight is 260 g/mol. The Morgan fingerprint density at radius 3 is 2.47 bits per heavy atom. The van der Waals surface area contributed by atoms with E-state index >= 15 is 0 Å². The zero-order chi connectivity index (χ0) is 13.7. The largest absolute Gasteiger partial charge is 0.316 e. The van der Waals surface area contributed by atoms with E-state index in [9.17, 15) is 4.39 Å². The van der Waals surface area contributed by atoms with Crippen molar-refractivity contribution in [3.8, 4) is 0 Å². The monoisotopic (exact) mass is 260 g/mol. The van der Waals surface area contributed by atoms with E-state index in [0.29, 0.717) is 24.7 Å². The van der Waals surface area contributed by atoms with Gasteiger partial charge in [0.1, 0.15) is 5.82 Å². The summed E-state index contributed by atoms with van der Waals surface area (Å²) in [5.41, 5.74) is 1.49. The Balaban J connectivity index is 2.29. The molecule has 1 heterocycles. The van der Waals surface area contributed by atoms with E-state index in [0.717, 1.165) is 5.56 Å². The summed E-state index contributed by atoms with van der Waals surface area (Å²) in [6, 6.07) is 6.64. The number of benzene rings is 1. The molecule has 0 atom stereocenters. The normalized spacial score (nSPS) is 10.5. The first kappa shape index (κ1) is 13.4. The number of hydrogen-bond acceptors (Lipinski definition) is 4. The topological polar surface area (TPSA) is 41.1 Å². The van der Waals surface area contributed by atoms with Crippen LogP contribution in [0.1, 0.15) is 12.5 Å². The number of aromatic nitrogens is 2. The van der Waals surface area contributed by atoms with Gasteiger partial charge in [-0.25, -0.2) is 14.4 Å². The van der Waals surface area contributed by atoms with Crippen LogP contribution in [0.4, 0.5) is 16.0 Å². The number of rotatable bonds is 5. The standard InChI is InChI=1S/C14H17FN4/c1-3-19(13-7-5-4-6-12(13)15)14-17-9-11(8-16-2)10-18-14/h4-7,9-10,16H,3,8H2,1-2H3. The van der Waals surface area contributed by atoms with Crippen molar-refractivity contribution in [3.63, 3.8) is 0 Å². The van der Waals surface area contributed by atoms with Crippen LogP contribution in [0.5, 0.6) is 0 Å². The molecule has 100 valence electrons. The Morgan fingerprint density at radius 2 is 1.89 bits per heavy atom. The van der Waals surface area contributed by atoms with E-state index in [1.807, 2.05) is 14.0 Å². The molecule has 0 aliphatic rings. The molecule has 0 bridgehead atoms. The van der Waals surface area contributed by atoms with Crippen LogP contribution in [0.2, 0.25) is 0 Å². The maximum absolute atomic E-state index is 13.8. The van der Waals surface area contributed by atoms with Gasteiger partial charge in [-0.15, -0.1) is 0 Å². The van der Waals surface area contributed by atoms with Gasteiger partial charge in [-0.1, -0.05) is 12.1 Å². The highest BCUT2D eigenvalue weighted by molar-refractivity contribution is 5.57. The molecule has 0 saturated carbocycles. The van der Waals surface area contributed by atoms with E-state index in [4.69, 9.17) is 0 Å². The highest BCUT2D eigenvalue weighted by Gasteiger charge is 2.13. The van der Waals surface area contributed by atoms with Crippen molar-refractivity contribution in [2.45, 2.75) is 13.5 Å². The SMILES string of the molecule is CCN(c1ncc(CNC)cn1)c1ccccc1F. The first-order chi connectivity index (χ1) is 9.26. The lowest BCUT2D eigenvalue weighted by molar-refractivity contribution is 0.624. The second-order valence-electron chi connectivity index (χ2n) is 4.12. The molecule has 0 fully saturated rings. The molecule has 1 aromatic heterocycles. The highest BCUT2D eigenvalue weighted by atomic mass is 19.1. The van der Waals surface area contributed by atoms with Crippen molar-refractivity contribution in [3.05, 3.63) is 48.0 Å². The van der Waals surface area contributed by atoms with Crippen LogP contribution in [0.3, 0.4) is 0 Å². The first-order valence-corrected chi connectivity index (χ1v) is 6.23. The lowest BCUT2D eigenvalue weighted by Crippen LogP contribution is -2.20. The predicted molar refractivity (Wildman–Crippen MR) is 73.9 cm³/mol. The summed E-state index contributed by atoms with van der Waals surface area (Å²) >= 11 is 0. The number of nitrogens with zero attached hydrogens (tertiary/aromatic N) is 3. The maximum atomic E-state index is 13.8. The molecule has 0 amide bonds. The fraction of sp³-hybridized carbons (Fsp3) is 0.286. The summed E-state index contributed by atoms with van der Waals surface area (Å²) in [7, 11) is 1.87. The molecule has 0 aliphatic carbocycles. The fourth-order valence-corrected chi connectivity index (χ4v) is 1.87. The van der Waals surface area contributed by atoms with E-state index in [-0.39, 0.29) is 5.82 Å². The quantitative estimate of drug-likeness (QED) is 0.896. The van der Waals surface area contributed by atoms with Crippen LogP contribution in [0, 0.1) is 5.82 Å². The third-order valence-corrected chi connectivity index (χ3v) is 2.77. The van der Waals surface area contributed by atoms with Gasteiger partial charge in [-0.3, -0.25) is 0 Å². The van der Waals surface area contributed by atoms with Crippen LogP contribution >= 0.6 is 0 Å². The Morgan fingerprint density at radius 1 is 1.21 bits per heavy atom. The minimum Gasteiger partial charge on any atom is -0.316 e. The molecule has 0 saturated heterocycles. The summed E-state index contributed by atoms with van der Waals surface area (Å²) in [6.45, 7) is 3.26. The summed E-state index contributed by atoms with van der Waals surface area (Å²) in [6.07, 6.45) is 3.50. The zero-order valence-electron chi connectivity index (χ0n) is 11.1. The minimum absolute atomic E-state index is 0.271. The molecule has 5 heteroatoms. The van der Waals surface area contributed by atoms with Gasteiger partial charge in [0.25, 0.3) is 0 Å². The van der Waals surface area contributed by atoms with Crippen LogP contribution in [0.15, 0.2) is 36.7 Å². The lowest BCUT2D eigenvalue weighted by atomic mass is 10.3. The molecular formula is C14H17FN4. The molecule has 1 N–H and O–H groups in total. The van der Waals surface area contributed by atoms with Crippen molar-refractivity contribution in [2.24, 2.45) is 0 Å². The average Bonchev–Trinajstić information content (AvgIpc) is 2.44. The number of hydrogen-bond donors (Lipinski definition) is 1. The summed E-state index contributed by atoms with van der Waals surface area (Å²) < 4.78 is 13.8. The van der Waals surface area contributed by atoms with Gasteiger partial charge < -0.3 is 10.2 Å². The van der Waals surface area contributed by atoms with Crippen molar-refractivity contribution in [1.82, 2.24) is 15.3 Å². The molecule has 0 spiro atoms. The number of para-hydroxylation sites is 1. The molecule has 0 unspecified atom stereocenters. The second-order valence-corrected chi connectivity index (χ2v) is 4.12. The number of nitrogens with one attached hydrogen (secondary N) is 1. The summed E-state index contributed by atoms with van der Waals surface area (Å²) in [5, 5.41) is 3.03. The van der Waals surface area contributed by atoms with Gasteiger partial charge in [-0.05, 0) is 26.1 Å². The van der Waals surface area contributed by atoms with Crippen LogP contribution in [-0.2, 0) is 6.54 Å². The molecule has 19 heavy (non-hydrogen) atoms. The van der Waals surface area contributed by atoms with Gasteiger partial charge in [-0.2, -0.15) is 0 Å². The molecular weight excluding hydrogens is 243 g/mol. The molecule has 0 aliphatic heterocycles. The van der Waals surface area contributed by atoms with Gasteiger partial charge >= 0.3 is 0 Å². The maximum Gasteiger partial charge on any atom is 0.229 e. The van der Waals surface area contributed by atoms with Crippen molar-refractivity contribution < 1.29 is 4.39 Å². The number of anilines is 2. The Hall–Kier alpha value is -2.01. The highest BCUT2D eigenvalue weighted by Crippen LogP contribution is 2.24. The van der Waals surface area contributed by atoms with Crippen molar-refractivity contribution >= 4 is 11.6 Å². The predicted octanol–water partition coefficient (Wildman–Crippen LogP) is 2.49. The zero-order valence-corrected chi connectivity index (χ0v) is 11.1. The molecule has 1 aromatic carbocycles. The smallest absolute Gasteiger partial charge is 0.229 e. The number of halogens is 1. The Bertz CT molecular complexity index is 527. The van der Waals surface area contributed by atoms with E-state index in [1.54, 1.807) is 35.5 Å². The van der Waals surface area contributed by atoms with Gasteiger partial charge in [0.2, 0.25) is 5.95 Å². The third kappa shape index (κ3) is 3.06. The Kier molecular flexibility index (Phi) is 4.41. The third-order valence-electron chi connectivity index (χ3n) is 2.77. The second kappa shape index (κ2) is 6.24. The lowest BCUT2D eigenvalue weighted by Gasteiger charge is -2.21. The fourth-order valence-electron chi connectivity index (χ4n) is 1.87. The van der Waals surface area contributed by atoms with Crippen LogP contribution in [0.25, 0.3) is 0 Å². The molecule has 2 rings (SSSR count). The van der Waals surface area contributed by atoms with Crippen LogP contribution in [-0.4, -0.2) is 23.6 Å². The van der Waals surface area contributed by atoms with Gasteiger partial charge in [0, 0.05) is 31.0 Å². The van der Waals surface area contributed by atoms with Crippen LogP contribution < -0.4 is 10.2 Å². The van der Waals surface area contributed by atoms with Gasteiger partial charge in [0.05, 0.1) is 5.69 Å². The summed E-state index contributed by atoms with van der Waals surface area (Å²) in [5.74, 6) is 0.236. The first-order valence-electron chi connectivity index (χ1n) is 6.23. The van der Waals surface area contributed by atoms with E-state index in [1.165, 1.54) is 6.07 Å².